The minimum Gasteiger partial charge on any atom is -0.493 e. The smallest absolute Gasteiger partial charge is 0.161 e. The molecular weight excluding hydrogens is 366 g/mol. The van der Waals surface area contributed by atoms with Gasteiger partial charge in [-0.25, -0.2) is 0 Å². The van der Waals surface area contributed by atoms with E-state index in [1.807, 2.05) is 13.0 Å². The number of nitrogens with zero attached hydrogens (tertiary/aromatic N) is 3. The van der Waals surface area contributed by atoms with Crippen molar-refractivity contribution >= 4 is 0 Å². The van der Waals surface area contributed by atoms with Crippen molar-refractivity contribution in [3.63, 3.8) is 0 Å². The summed E-state index contributed by atoms with van der Waals surface area (Å²) in [6, 6.07) is 8.43. The van der Waals surface area contributed by atoms with Gasteiger partial charge in [0.1, 0.15) is 5.76 Å². The first-order valence-electron chi connectivity index (χ1n) is 10.9. The minimum absolute atomic E-state index is 0.339. The predicted octanol–water partition coefficient (Wildman–Crippen LogP) is 4.02. The lowest BCUT2D eigenvalue weighted by Gasteiger charge is -2.22. The number of benzene rings is 1. The van der Waals surface area contributed by atoms with Crippen molar-refractivity contribution in [1.29, 1.82) is 0 Å². The zero-order valence-corrected chi connectivity index (χ0v) is 17.7. The maximum Gasteiger partial charge on any atom is 0.161 e. The van der Waals surface area contributed by atoms with Crippen LogP contribution in [0.25, 0.3) is 0 Å². The van der Waals surface area contributed by atoms with Crippen molar-refractivity contribution in [3.8, 4) is 11.5 Å². The molecule has 0 N–H and O–H groups in total. The van der Waals surface area contributed by atoms with Crippen LogP contribution in [-0.2, 0) is 13.1 Å². The van der Waals surface area contributed by atoms with Crippen LogP contribution in [0, 0.1) is 6.92 Å². The summed E-state index contributed by atoms with van der Waals surface area (Å²) in [4.78, 5) is 5.01. The van der Waals surface area contributed by atoms with Crippen LogP contribution in [-0.4, -0.2) is 54.3 Å². The monoisotopic (exact) mass is 399 g/mol. The molecule has 2 heterocycles. The number of hydrogen-bond donors (Lipinski definition) is 0. The first kappa shape index (κ1) is 20.2. The van der Waals surface area contributed by atoms with Crippen LogP contribution in [0.5, 0.6) is 11.5 Å². The first-order valence-corrected chi connectivity index (χ1v) is 10.9. The zero-order valence-electron chi connectivity index (χ0n) is 17.7. The Labute approximate surface area is 173 Å². The molecule has 6 heteroatoms. The standard InChI is InChI=1S/C23H33N3O3/c1-18-14-20(24-29-18)17-26-11-5-10-25(12-13-26)16-19-8-9-22(27-2)23(15-19)28-21-6-3-4-7-21/h8-9,14-15,21H,3-7,10-13,16-17H2,1-2H3. The van der Waals surface area contributed by atoms with Crippen molar-refractivity contribution in [2.45, 2.75) is 58.2 Å². The highest BCUT2D eigenvalue weighted by Gasteiger charge is 2.20. The molecule has 1 aromatic carbocycles. The van der Waals surface area contributed by atoms with E-state index in [1.165, 1.54) is 24.8 Å². The van der Waals surface area contributed by atoms with E-state index in [-0.39, 0.29) is 0 Å². The van der Waals surface area contributed by atoms with Gasteiger partial charge < -0.3 is 14.0 Å². The first-order chi connectivity index (χ1) is 14.2. The highest BCUT2D eigenvalue weighted by molar-refractivity contribution is 5.43. The molecule has 1 saturated carbocycles. The van der Waals surface area contributed by atoms with Gasteiger partial charge in [0.25, 0.3) is 0 Å². The second-order valence-electron chi connectivity index (χ2n) is 8.34. The fraction of sp³-hybridized carbons (Fsp3) is 0.609. The van der Waals surface area contributed by atoms with Crippen molar-refractivity contribution < 1.29 is 14.0 Å². The van der Waals surface area contributed by atoms with Crippen molar-refractivity contribution in [1.82, 2.24) is 15.0 Å². The summed E-state index contributed by atoms with van der Waals surface area (Å²) >= 11 is 0. The lowest BCUT2D eigenvalue weighted by Crippen LogP contribution is -2.30. The third-order valence-corrected chi connectivity index (χ3v) is 5.97. The molecule has 6 nitrogen and oxygen atoms in total. The third kappa shape index (κ3) is 5.52. The van der Waals surface area contributed by atoms with Gasteiger partial charge in [0.2, 0.25) is 0 Å². The summed E-state index contributed by atoms with van der Waals surface area (Å²) in [5.74, 6) is 2.62. The van der Waals surface area contributed by atoms with Crippen LogP contribution >= 0.6 is 0 Å². The Kier molecular flexibility index (Phi) is 6.72. The summed E-state index contributed by atoms with van der Waals surface area (Å²) in [6.07, 6.45) is 6.35. The van der Waals surface area contributed by atoms with Gasteiger partial charge in [-0.3, -0.25) is 9.80 Å². The normalized spacial score (nSPS) is 19.4. The third-order valence-electron chi connectivity index (χ3n) is 5.97. The highest BCUT2D eigenvalue weighted by atomic mass is 16.5. The minimum atomic E-state index is 0.339. The Hall–Kier alpha value is -2.05. The van der Waals surface area contributed by atoms with E-state index in [0.29, 0.717) is 6.10 Å². The molecule has 0 bridgehead atoms. The average molecular weight is 400 g/mol. The van der Waals surface area contributed by atoms with Crippen LogP contribution in [0.4, 0.5) is 0 Å². The zero-order chi connectivity index (χ0) is 20.1. The topological polar surface area (TPSA) is 51.0 Å². The summed E-state index contributed by atoms with van der Waals surface area (Å²) < 4.78 is 17.0. The van der Waals surface area contributed by atoms with E-state index in [9.17, 15) is 0 Å². The van der Waals surface area contributed by atoms with E-state index >= 15 is 0 Å². The van der Waals surface area contributed by atoms with E-state index in [2.05, 4.69) is 33.2 Å². The number of aryl methyl sites for hydroxylation is 1. The molecule has 1 aliphatic heterocycles. The molecule has 1 saturated heterocycles. The highest BCUT2D eigenvalue weighted by Crippen LogP contribution is 2.32. The number of ether oxygens (including phenoxy) is 2. The maximum absolute atomic E-state index is 6.27. The van der Waals surface area contributed by atoms with E-state index in [4.69, 9.17) is 14.0 Å². The van der Waals surface area contributed by atoms with Gasteiger partial charge in [-0.15, -0.1) is 0 Å². The molecule has 1 aliphatic carbocycles. The Morgan fingerprint density at radius 3 is 2.41 bits per heavy atom. The van der Waals surface area contributed by atoms with Crippen LogP contribution in [0.3, 0.4) is 0 Å². The van der Waals surface area contributed by atoms with Crippen LogP contribution < -0.4 is 9.47 Å². The molecule has 4 rings (SSSR count). The van der Waals surface area contributed by atoms with E-state index < -0.39 is 0 Å². The van der Waals surface area contributed by atoms with Gasteiger partial charge in [-0.2, -0.15) is 0 Å². The van der Waals surface area contributed by atoms with Gasteiger partial charge in [-0.05, 0) is 69.8 Å². The van der Waals surface area contributed by atoms with Crippen molar-refractivity contribution in [2.24, 2.45) is 0 Å². The maximum atomic E-state index is 6.27. The van der Waals surface area contributed by atoms with Gasteiger partial charge in [-0.1, -0.05) is 11.2 Å². The number of aromatic nitrogens is 1. The predicted molar refractivity (Wildman–Crippen MR) is 112 cm³/mol. The fourth-order valence-electron chi connectivity index (χ4n) is 4.42. The fourth-order valence-corrected chi connectivity index (χ4v) is 4.42. The van der Waals surface area contributed by atoms with E-state index in [0.717, 1.165) is 75.1 Å². The largest absolute Gasteiger partial charge is 0.493 e. The van der Waals surface area contributed by atoms with Crippen molar-refractivity contribution in [3.05, 3.63) is 41.3 Å². The lowest BCUT2D eigenvalue weighted by atomic mass is 10.1. The summed E-state index contributed by atoms with van der Waals surface area (Å²) in [5.41, 5.74) is 2.32. The number of methoxy groups -OCH3 is 1. The Bertz CT molecular complexity index is 785. The lowest BCUT2D eigenvalue weighted by molar-refractivity contribution is 0.200. The Morgan fingerprint density at radius 1 is 0.966 bits per heavy atom. The second-order valence-corrected chi connectivity index (χ2v) is 8.34. The second kappa shape index (κ2) is 9.63. The van der Waals surface area contributed by atoms with E-state index in [1.54, 1.807) is 7.11 Å². The molecule has 2 aromatic rings. The Morgan fingerprint density at radius 2 is 1.72 bits per heavy atom. The van der Waals surface area contributed by atoms with Gasteiger partial charge in [0.15, 0.2) is 11.5 Å². The summed E-state index contributed by atoms with van der Waals surface area (Å²) in [5, 5.41) is 4.14. The molecular formula is C23H33N3O3. The van der Waals surface area contributed by atoms with Crippen LogP contribution in [0.15, 0.2) is 28.8 Å². The Balaban J connectivity index is 1.34. The number of hydrogen-bond acceptors (Lipinski definition) is 6. The molecule has 1 aromatic heterocycles. The quantitative estimate of drug-likeness (QED) is 0.701. The molecule has 0 amide bonds. The SMILES string of the molecule is COc1ccc(CN2CCCN(Cc3cc(C)on3)CC2)cc1OC1CCCC1. The summed E-state index contributed by atoms with van der Waals surface area (Å²) in [6.45, 7) is 8.07. The molecule has 0 atom stereocenters. The molecule has 2 fully saturated rings. The summed E-state index contributed by atoms with van der Waals surface area (Å²) in [7, 11) is 1.72. The van der Waals surface area contributed by atoms with Gasteiger partial charge in [0, 0.05) is 32.2 Å². The van der Waals surface area contributed by atoms with Gasteiger partial charge >= 0.3 is 0 Å². The van der Waals surface area contributed by atoms with Crippen LogP contribution in [0.1, 0.15) is 49.1 Å². The molecule has 29 heavy (non-hydrogen) atoms. The average Bonchev–Trinajstić information content (AvgIpc) is 3.32. The molecule has 158 valence electrons. The molecule has 2 aliphatic rings. The molecule has 0 spiro atoms. The van der Waals surface area contributed by atoms with Gasteiger partial charge in [0.05, 0.1) is 18.9 Å². The van der Waals surface area contributed by atoms with Crippen LogP contribution in [0.2, 0.25) is 0 Å². The number of rotatable bonds is 7. The molecule has 0 radical (unpaired) electrons. The molecule has 0 unspecified atom stereocenters. The van der Waals surface area contributed by atoms with Crippen molar-refractivity contribution in [2.75, 3.05) is 33.3 Å².